The number of piperidine rings is 1. The van der Waals surface area contributed by atoms with Crippen molar-refractivity contribution in [1.82, 2.24) is 14.5 Å². The summed E-state index contributed by atoms with van der Waals surface area (Å²) in [5.41, 5.74) is 2.75. The molecule has 0 spiro atoms. The van der Waals surface area contributed by atoms with Crippen molar-refractivity contribution in [2.75, 3.05) is 13.1 Å². The van der Waals surface area contributed by atoms with Crippen LogP contribution in [0.1, 0.15) is 23.2 Å². The van der Waals surface area contributed by atoms with Crippen LogP contribution in [0.4, 0.5) is 0 Å². The molecule has 0 N–H and O–H groups in total. The number of aromatic nitrogens is 2. The number of para-hydroxylation sites is 2. The number of fused-ring (bicyclic) bond motifs is 1. The number of carbonyl (C=O) groups excluding carboxylic acids is 1. The lowest BCUT2D eigenvalue weighted by Gasteiger charge is -2.32. The van der Waals surface area contributed by atoms with Gasteiger partial charge in [-0.05, 0) is 49.1 Å². The minimum atomic E-state index is 0.000862. The first-order valence-electron chi connectivity index (χ1n) is 8.75. The summed E-state index contributed by atoms with van der Waals surface area (Å²) in [5.74, 6) is 0.542. The van der Waals surface area contributed by atoms with Crippen molar-refractivity contribution >= 4 is 40.1 Å². The molecule has 1 fully saturated rings. The molecule has 0 bridgehead atoms. The molecule has 26 heavy (non-hydrogen) atoms. The highest BCUT2D eigenvalue weighted by molar-refractivity contribution is 6.35. The smallest absolute Gasteiger partial charge is 0.253 e. The van der Waals surface area contributed by atoms with E-state index in [2.05, 4.69) is 15.6 Å². The average molecular weight is 388 g/mol. The predicted molar refractivity (Wildman–Crippen MR) is 105 cm³/mol. The van der Waals surface area contributed by atoms with Gasteiger partial charge in [0.15, 0.2) is 0 Å². The van der Waals surface area contributed by atoms with Crippen LogP contribution in [0.5, 0.6) is 0 Å². The largest absolute Gasteiger partial charge is 0.339 e. The number of hydrogen-bond donors (Lipinski definition) is 0. The van der Waals surface area contributed by atoms with E-state index >= 15 is 0 Å². The van der Waals surface area contributed by atoms with Crippen LogP contribution < -0.4 is 0 Å². The number of halogens is 2. The Balaban J connectivity index is 1.40. The van der Waals surface area contributed by atoms with Gasteiger partial charge in [0.05, 0.1) is 17.4 Å². The average Bonchev–Trinajstić information content (AvgIpc) is 3.04. The number of hydrogen-bond acceptors (Lipinski definition) is 2. The van der Waals surface area contributed by atoms with Crippen LogP contribution in [-0.4, -0.2) is 33.4 Å². The molecule has 1 aliphatic rings. The maximum atomic E-state index is 12.7. The molecule has 1 saturated heterocycles. The van der Waals surface area contributed by atoms with Gasteiger partial charge in [0.25, 0.3) is 5.91 Å². The number of amides is 1. The van der Waals surface area contributed by atoms with Crippen molar-refractivity contribution in [2.24, 2.45) is 5.92 Å². The quantitative estimate of drug-likeness (QED) is 0.641. The van der Waals surface area contributed by atoms with Gasteiger partial charge < -0.3 is 9.47 Å². The Hall–Kier alpha value is -2.04. The highest BCUT2D eigenvalue weighted by Crippen LogP contribution is 2.25. The second-order valence-corrected chi connectivity index (χ2v) is 7.65. The number of likely N-dealkylation sites (tertiary alicyclic amines) is 1. The minimum Gasteiger partial charge on any atom is -0.339 e. The van der Waals surface area contributed by atoms with E-state index in [1.165, 1.54) is 5.52 Å². The van der Waals surface area contributed by atoms with Gasteiger partial charge in [0, 0.05) is 35.2 Å². The number of nitrogens with zero attached hydrogens (tertiary/aromatic N) is 3. The zero-order valence-electron chi connectivity index (χ0n) is 14.2. The van der Waals surface area contributed by atoms with Crippen LogP contribution >= 0.6 is 23.2 Å². The van der Waals surface area contributed by atoms with E-state index in [1.807, 2.05) is 29.4 Å². The van der Waals surface area contributed by atoms with Crippen LogP contribution in [0, 0.1) is 5.92 Å². The zero-order chi connectivity index (χ0) is 18.1. The summed E-state index contributed by atoms with van der Waals surface area (Å²) in [6.07, 6.45) is 3.87. The zero-order valence-corrected chi connectivity index (χ0v) is 15.7. The summed E-state index contributed by atoms with van der Waals surface area (Å²) >= 11 is 12.0. The number of carbonyl (C=O) groups is 1. The molecule has 2 aromatic carbocycles. The fourth-order valence-corrected chi connectivity index (χ4v) is 4.14. The summed E-state index contributed by atoms with van der Waals surface area (Å²) in [4.78, 5) is 19.0. The van der Waals surface area contributed by atoms with Crippen LogP contribution in [-0.2, 0) is 6.54 Å². The molecule has 0 radical (unpaired) electrons. The lowest BCUT2D eigenvalue weighted by Crippen LogP contribution is -2.39. The predicted octanol–water partition coefficient (Wildman–Crippen LogP) is 4.90. The number of rotatable bonds is 3. The fraction of sp³-hybridized carbons (Fsp3) is 0.300. The first-order chi connectivity index (χ1) is 12.6. The van der Waals surface area contributed by atoms with Gasteiger partial charge in [-0.2, -0.15) is 0 Å². The van der Waals surface area contributed by atoms with Gasteiger partial charge >= 0.3 is 0 Å². The van der Waals surface area contributed by atoms with Crippen molar-refractivity contribution in [1.29, 1.82) is 0 Å². The van der Waals surface area contributed by atoms with Gasteiger partial charge in [-0.3, -0.25) is 4.79 Å². The van der Waals surface area contributed by atoms with Gasteiger partial charge in [0.2, 0.25) is 0 Å². The van der Waals surface area contributed by atoms with Gasteiger partial charge in [-0.15, -0.1) is 0 Å². The maximum absolute atomic E-state index is 12.7. The van der Waals surface area contributed by atoms with E-state index in [0.717, 1.165) is 38.0 Å². The van der Waals surface area contributed by atoms with E-state index in [-0.39, 0.29) is 5.91 Å². The van der Waals surface area contributed by atoms with E-state index in [0.29, 0.717) is 21.5 Å². The van der Waals surface area contributed by atoms with Crippen molar-refractivity contribution in [3.8, 4) is 0 Å². The molecule has 4 nitrogen and oxygen atoms in total. The third-order valence-corrected chi connectivity index (χ3v) is 5.43. The second kappa shape index (κ2) is 7.29. The van der Waals surface area contributed by atoms with E-state index in [9.17, 15) is 4.79 Å². The summed E-state index contributed by atoms with van der Waals surface area (Å²) < 4.78 is 2.22. The molecule has 134 valence electrons. The van der Waals surface area contributed by atoms with Crippen LogP contribution in [0.25, 0.3) is 11.0 Å². The monoisotopic (exact) mass is 387 g/mol. The molecule has 1 aliphatic heterocycles. The molecule has 1 aromatic heterocycles. The molecular formula is C20H19Cl2N3O. The molecule has 6 heteroatoms. The molecule has 0 atom stereocenters. The standard InChI is InChI=1S/C20H19Cl2N3O/c21-16-9-15(10-17(22)11-16)20(26)24-7-5-14(6-8-24)12-25-13-23-18-3-1-2-4-19(18)25/h1-4,9-11,13-14H,5-8,12H2. The fourth-order valence-electron chi connectivity index (χ4n) is 3.61. The summed E-state index contributed by atoms with van der Waals surface area (Å²) in [5, 5.41) is 0.977. The second-order valence-electron chi connectivity index (χ2n) is 6.78. The summed E-state index contributed by atoms with van der Waals surface area (Å²) in [6, 6.07) is 13.2. The van der Waals surface area contributed by atoms with Crippen LogP contribution in [0.15, 0.2) is 48.8 Å². The molecule has 2 heterocycles. The third-order valence-electron chi connectivity index (χ3n) is 4.99. The molecule has 0 saturated carbocycles. The third kappa shape index (κ3) is 3.57. The lowest BCUT2D eigenvalue weighted by atomic mass is 9.96. The van der Waals surface area contributed by atoms with E-state index in [1.54, 1.807) is 18.2 Å². The van der Waals surface area contributed by atoms with Gasteiger partial charge in [-0.25, -0.2) is 4.98 Å². The SMILES string of the molecule is O=C(c1cc(Cl)cc(Cl)c1)N1CCC(Cn2cnc3ccccc32)CC1. The van der Waals surface area contributed by atoms with Crippen molar-refractivity contribution in [2.45, 2.75) is 19.4 Å². The minimum absolute atomic E-state index is 0.000862. The Morgan fingerprint density at radius 1 is 1.08 bits per heavy atom. The first kappa shape index (κ1) is 17.4. The number of benzene rings is 2. The topological polar surface area (TPSA) is 38.1 Å². The molecule has 1 amide bonds. The Morgan fingerprint density at radius 3 is 2.50 bits per heavy atom. The Bertz CT molecular complexity index is 925. The Morgan fingerprint density at radius 2 is 1.77 bits per heavy atom. The lowest BCUT2D eigenvalue weighted by molar-refractivity contribution is 0.0683. The van der Waals surface area contributed by atoms with Gasteiger partial charge in [-0.1, -0.05) is 35.3 Å². The van der Waals surface area contributed by atoms with E-state index < -0.39 is 0 Å². The first-order valence-corrected chi connectivity index (χ1v) is 9.51. The molecule has 0 unspecified atom stereocenters. The normalized spacial score (nSPS) is 15.5. The van der Waals surface area contributed by atoms with Crippen molar-refractivity contribution in [3.05, 3.63) is 64.4 Å². The van der Waals surface area contributed by atoms with Crippen molar-refractivity contribution < 1.29 is 4.79 Å². The maximum Gasteiger partial charge on any atom is 0.253 e. The highest BCUT2D eigenvalue weighted by Gasteiger charge is 2.24. The Kier molecular flexibility index (Phi) is 4.88. The summed E-state index contributed by atoms with van der Waals surface area (Å²) in [7, 11) is 0. The van der Waals surface area contributed by atoms with Gasteiger partial charge in [0.1, 0.15) is 0 Å². The Labute approximate surface area is 162 Å². The summed E-state index contributed by atoms with van der Waals surface area (Å²) in [6.45, 7) is 2.44. The van der Waals surface area contributed by atoms with E-state index in [4.69, 9.17) is 23.2 Å². The van der Waals surface area contributed by atoms with Crippen LogP contribution in [0.3, 0.4) is 0 Å². The molecular weight excluding hydrogens is 369 g/mol. The molecule has 4 rings (SSSR count). The molecule has 3 aromatic rings. The molecule has 0 aliphatic carbocycles. The number of imidazole rings is 1. The van der Waals surface area contributed by atoms with Crippen molar-refractivity contribution in [3.63, 3.8) is 0 Å². The highest BCUT2D eigenvalue weighted by atomic mass is 35.5. The van der Waals surface area contributed by atoms with Crippen LogP contribution in [0.2, 0.25) is 10.0 Å².